The minimum Gasteiger partial charge on any atom is -0.395 e. The largest absolute Gasteiger partial charge is 0.395 e. The van der Waals surface area contributed by atoms with Crippen molar-refractivity contribution in [1.29, 1.82) is 0 Å². The van der Waals surface area contributed by atoms with Gasteiger partial charge in [-0.15, -0.1) is 0 Å². The van der Waals surface area contributed by atoms with Gasteiger partial charge in [0.15, 0.2) is 0 Å². The van der Waals surface area contributed by atoms with E-state index < -0.39 is 0 Å². The third-order valence-corrected chi connectivity index (χ3v) is 8.34. The maximum Gasteiger partial charge on any atom is 0.0558 e. The topological polar surface area (TPSA) is 208 Å². The number of rotatable bonds is 36. The average molecular weight is 693 g/mol. The Bertz CT molecular complexity index is 674. The lowest BCUT2D eigenvalue weighted by molar-refractivity contribution is 0.130. The van der Waals surface area contributed by atoms with Crippen LogP contribution in [0.5, 0.6) is 0 Å². The number of hydrogen-bond acceptors (Lipinski definition) is 15. The molecule has 0 aliphatic carbocycles. The smallest absolute Gasteiger partial charge is 0.0558 e. The van der Waals surface area contributed by atoms with Gasteiger partial charge in [-0.05, 0) is 5.41 Å². The molecule has 0 fully saturated rings. The van der Waals surface area contributed by atoms with E-state index in [0.29, 0.717) is 45.8 Å². The zero-order valence-electron chi connectivity index (χ0n) is 31.3. The van der Waals surface area contributed by atoms with Crippen LogP contribution in [0.4, 0.5) is 0 Å². The molecule has 0 bridgehead atoms. The molecule has 0 aromatic carbocycles. The first-order valence-electron chi connectivity index (χ1n) is 18.5. The molecule has 0 saturated heterocycles. The molecule has 290 valence electrons. The molecule has 0 radical (unpaired) electrons. The molecule has 0 aliphatic heterocycles. The van der Waals surface area contributed by atoms with E-state index in [0.717, 1.165) is 124 Å². The predicted molar refractivity (Wildman–Crippen MR) is 201 cm³/mol. The van der Waals surface area contributed by atoms with Gasteiger partial charge >= 0.3 is 0 Å². The van der Waals surface area contributed by atoms with Crippen molar-refractivity contribution in [2.24, 2.45) is 28.3 Å². The average Bonchev–Trinajstić information content (AvgIpc) is 3.04. The Morgan fingerprint density at radius 2 is 0.667 bits per heavy atom. The summed E-state index contributed by atoms with van der Waals surface area (Å²) in [6.45, 7) is 28.5. The van der Waals surface area contributed by atoms with E-state index in [-0.39, 0.29) is 25.2 Å². The van der Waals surface area contributed by atoms with Gasteiger partial charge in [-0.1, -0.05) is 20.8 Å². The van der Waals surface area contributed by atoms with Crippen LogP contribution in [0, 0.1) is 5.41 Å². The van der Waals surface area contributed by atoms with Crippen molar-refractivity contribution >= 4 is 0 Å². The van der Waals surface area contributed by atoms with Crippen molar-refractivity contribution in [2.75, 3.05) is 190 Å². The fourth-order valence-electron chi connectivity index (χ4n) is 5.79. The van der Waals surface area contributed by atoms with E-state index in [1.54, 1.807) is 0 Å². The van der Waals surface area contributed by atoms with Gasteiger partial charge in [-0.3, -0.25) is 24.5 Å². The van der Waals surface area contributed by atoms with E-state index in [4.69, 9.17) is 28.0 Å². The highest BCUT2D eigenvalue weighted by atomic mass is 16.3. The summed E-state index contributed by atoms with van der Waals surface area (Å²) in [7, 11) is 0. The van der Waals surface area contributed by atoms with Gasteiger partial charge in [0.05, 0.1) is 19.8 Å². The van der Waals surface area contributed by atoms with Gasteiger partial charge in [0.2, 0.25) is 0 Å². The van der Waals surface area contributed by atoms with E-state index in [9.17, 15) is 10.2 Å². The second-order valence-corrected chi connectivity index (χ2v) is 13.9. The molecular formula is C33H80N12O3. The lowest BCUT2D eigenvalue weighted by Crippen LogP contribution is -2.48. The Labute approximate surface area is 294 Å². The zero-order valence-corrected chi connectivity index (χ0v) is 31.3. The third-order valence-electron chi connectivity index (χ3n) is 8.34. The van der Waals surface area contributed by atoms with Gasteiger partial charge in [-0.25, -0.2) is 0 Å². The normalized spacial score (nSPS) is 12.8. The number of nitrogens with one attached hydrogen (secondary N) is 2. The van der Waals surface area contributed by atoms with Crippen LogP contribution in [-0.4, -0.2) is 235 Å². The quantitative estimate of drug-likeness (QED) is 0.0286. The summed E-state index contributed by atoms with van der Waals surface area (Å²) in [5, 5.41) is 34.6. The van der Waals surface area contributed by atoms with Gasteiger partial charge < -0.3 is 53.8 Å². The number of aliphatic hydroxyl groups excluding tert-OH is 3. The maximum atomic E-state index is 9.61. The van der Waals surface area contributed by atoms with Gasteiger partial charge in [0.1, 0.15) is 0 Å². The first kappa shape index (κ1) is 47.4. The summed E-state index contributed by atoms with van der Waals surface area (Å²) in [5.74, 6) is 0. The van der Waals surface area contributed by atoms with Crippen LogP contribution in [0.2, 0.25) is 0 Å². The second-order valence-electron chi connectivity index (χ2n) is 13.9. The first-order chi connectivity index (χ1) is 23.2. The van der Waals surface area contributed by atoms with Crippen molar-refractivity contribution in [1.82, 2.24) is 40.0 Å². The molecule has 0 rings (SSSR count). The fraction of sp³-hybridized carbons (Fsp3) is 1.00. The van der Waals surface area contributed by atoms with Crippen molar-refractivity contribution in [3.05, 3.63) is 0 Å². The van der Waals surface area contributed by atoms with Crippen molar-refractivity contribution < 1.29 is 15.3 Å². The van der Waals surface area contributed by atoms with Crippen LogP contribution in [-0.2, 0) is 0 Å². The summed E-state index contributed by atoms with van der Waals surface area (Å²) < 4.78 is 0. The molecule has 0 atom stereocenters. The van der Waals surface area contributed by atoms with Crippen LogP contribution in [0.1, 0.15) is 20.8 Å². The Kier molecular flexibility index (Phi) is 31.9. The molecule has 0 aromatic heterocycles. The summed E-state index contributed by atoms with van der Waals surface area (Å²) in [4.78, 5) is 14.6. The van der Waals surface area contributed by atoms with Crippen molar-refractivity contribution in [3.63, 3.8) is 0 Å². The number of nitrogens with two attached hydrogens (primary N) is 4. The van der Waals surface area contributed by atoms with Gasteiger partial charge in [0, 0.05) is 170 Å². The Hall–Kier alpha value is -0.600. The van der Waals surface area contributed by atoms with Gasteiger partial charge in [0.25, 0.3) is 0 Å². The molecule has 0 saturated carbocycles. The fourth-order valence-corrected chi connectivity index (χ4v) is 5.79. The van der Waals surface area contributed by atoms with Crippen molar-refractivity contribution in [3.8, 4) is 0 Å². The first-order valence-corrected chi connectivity index (χ1v) is 18.5. The van der Waals surface area contributed by atoms with E-state index in [1.165, 1.54) is 0 Å². The van der Waals surface area contributed by atoms with Gasteiger partial charge in [-0.2, -0.15) is 0 Å². The van der Waals surface area contributed by atoms with Crippen LogP contribution in [0.15, 0.2) is 0 Å². The molecule has 0 aliphatic rings. The minimum absolute atomic E-state index is 0.127. The Morgan fingerprint density at radius 3 is 1.00 bits per heavy atom. The molecule has 0 heterocycles. The zero-order chi connectivity index (χ0) is 35.9. The maximum absolute atomic E-state index is 9.61. The highest BCUT2D eigenvalue weighted by Crippen LogP contribution is 2.14. The molecule has 0 amide bonds. The van der Waals surface area contributed by atoms with E-state index in [2.05, 4.69) is 60.8 Å². The summed E-state index contributed by atoms with van der Waals surface area (Å²) in [6, 6.07) is 0. The summed E-state index contributed by atoms with van der Waals surface area (Å²) in [5.41, 5.74) is 24.0. The Balaban J connectivity index is 5.57. The van der Waals surface area contributed by atoms with Crippen LogP contribution >= 0.6 is 0 Å². The van der Waals surface area contributed by atoms with Crippen LogP contribution < -0.4 is 33.6 Å². The molecule has 13 N–H and O–H groups in total. The van der Waals surface area contributed by atoms with E-state index >= 15 is 0 Å². The lowest BCUT2D eigenvalue weighted by atomic mass is 9.96. The second kappa shape index (κ2) is 32.3. The molecule has 0 unspecified atom stereocenters. The van der Waals surface area contributed by atoms with Crippen LogP contribution in [0.25, 0.3) is 0 Å². The van der Waals surface area contributed by atoms with Crippen LogP contribution in [0.3, 0.4) is 0 Å². The summed E-state index contributed by atoms with van der Waals surface area (Å²) in [6.07, 6.45) is 0. The standard InChI is InChI=1S/C33H80N12O3/c1-33(2,3)32-45(15-7-37)27-26-43(17-9-39-11-30-47)22-25-44(24-21-42(14-6-36)28-31-48)23-20-41(13-5-35)19-18-40(12-4-34)16-8-38-10-29-46/h38-39,46-48H,4-32,34-37H2,1-3H3. The van der Waals surface area contributed by atoms with Crippen molar-refractivity contribution in [2.45, 2.75) is 20.8 Å². The number of nitrogens with zero attached hydrogens (tertiary/aromatic N) is 6. The highest BCUT2D eigenvalue weighted by molar-refractivity contribution is 4.75. The summed E-state index contributed by atoms with van der Waals surface area (Å²) >= 11 is 0. The minimum atomic E-state index is 0.127. The lowest BCUT2D eigenvalue weighted by Gasteiger charge is -2.34. The highest BCUT2D eigenvalue weighted by Gasteiger charge is 2.18. The molecular weight excluding hydrogens is 612 g/mol. The molecule has 15 heteroatoms. The Morgan fingerprint density at radius 1 is 0.375 bits per heavy atom. The van der Waals surface area contributed by atoms with E-state index in [1.807, 2.05) is 0 Å². The monoisotopic (exact) mass is 693 g/mol. The predicted octanol–water partition coefficient (Wildman–Crippen LogP) is -4.16. The third kappa shape index (κ3) is 28.1. The molecule has 0 aromatic rings. The molecule has 15 nitrogen and oxygen atoms in total. The number of aliphatic hydroxyl groups is 3. The molecule has 48 heavy (non-hydrogen) atoms. The SMILES string of the molecule is CC(C)(C)CN(CCN)CCN(CCNCCO)CCN(CCN(CCN)CCO)CCN(CCN)CCN(CCN)CCNCCO. The molecule has 0 spiro atoms. The number of hydrogen-bond donors (Lipinski definition) is 9.